The van der Waals surface area contributed by atoms with Gasteiger partial charge in [-0.3, -0.25) is 4.99 Å². The van der Waals surface area contributed by atoms with Gasteiger partial charge in [-0.05, 0) is 12.0 Å². The third kappa shape index (κ3) is 4.26. The number of unbranched alkanes of at least 4 members (excludes halogenated alkanes) is 4. The first-order valence-electron chi connectivity index (χ1n) is 7.91. The fraction of sp³-hybridized carbons (Fsp3) is 0.588. The standard InChI is InChI=1S/C17H27N3/c1-2-3-4-5-9-12-16-13-19-17(18)20(16)14-15-10-7-6-8-11-15/h6-8,10-11,16H,2-5,9,12-14H2,1H3,(H2,18,19). The lowest BCUT2D eigenvalue weighted by Gasteiger charge is -2.26. The quantitative estimate of drug-likeness (QED) is 0.736. The number of aliphatic imine (C=N–C) groups is 1. The monoisotopic (exact) mass is 273 g/mol. The first-order chi connectivity index (χ1) is 9.81. The van der Waals surface area contributed by atoms with E-state index in [0.717, 1.165) is 13.1 Å². The van der Waals surface area contributed by atoms with Gasteiger partial charge in [-0.15, -0.1) is 0 Å². The van der Waals surface area contributed by atoms with Crippen LogP contribution in [0.3, 0.4) is 0 Å². The Morgan fingerprint density at radius 1 is 1.15 bits per heavy atom. The van der Waals surface area contributed by atoms with E-state index in [1.54, 1.807) is 0 Å². The summed E-state index contributed by atoms with van der Waals surface area (Å²) in [5.74, 6) is 0.715. The molecule has 0 aromatic heterocycles. The Bertz CT molecular complexity index is 414. The third-order valence-electron chi connectivity index (χ3n) is 4.04. The second-order valence-electron chi connectivity index (χ2n) is 5.67. The summed E-state index contributed by atoms with van der Waals surface area (Å²) in [5.41, 5.74) is 7.35. The van der Waals surface area contributed by atoms with Crippen molar-refractivity contribution in [2.45, 2.75) is 58.0 Å². The van der Waals surface area contributed by atoms with Crippen molar-refractivity contribution in [3.63, 3.8) is 0 Å². The van der Waals surface area contributed by atoms with E-state index in [1.807, 2.05) is 0 Å². The molecular weight excluding hydrogens is 246 g/mol. The zero-order valence-electron chi connectivity index (χ0n) is 12.6. The molecule has 1 aliphatic rings. The molecule has 1 aromatic carbocycles. The van der Waals surface area contributed by atoms with Crippen LogP contribution in [0.5, 0.6) is 0 Å². The van der Waals surface area contributed by atoms with Crippen LogP contribution in [0.15, 0.2) is 35.3 Å². The highest BCUT2D eigenvalue weighted by molar-refractivity contribution is 5.80. The van der Waals surface area contributed by atoms with Gasteiger partial charge in [-0.25, -0.2) is 0 Å². The van der Waals surface area contributed by atoms with Crippen molar-refractivity contribution in [2.24, 2.45) is 10.7 Å². The number of hydrogen-bond acceptors (Lipinski definition) is 3. The summed E-state index contributed by atoms with van der Waals surface area (Å²) in [4.78, 5) is 6.70. The summed E-state index contributed by atoms with van der Waals surface area (Å²) >= 11 is 0. The maximum Gasteiger partial charge on any atom is 0.191 e. The maximum atomic E-state index is 6.05. The molecule has 0 aliphatic carbocycles. The molecule has 0 saturated carbocycles. The number of rotatable bonds is 8. The molecular formula is C17H27N3. The largest absolute Gasteiger partial charge is 0.370 e. The second-order valence-corrected chi connectivity index (χ2v) is 5.67. The second kappa shape index (κ2) is 7.93. The predicted octanol–water partition coefficient (Wildman–Crippen LogP) is 3.55. The van der Waals surface area contributed by atoms with Crippen molar-refractivity contribution >= 4 is 5.96 Å². The molecule has 2 N–H and O–H groups in total. The van der Waals surface area contributed by atoms with E-state index in [9.17, 15) is 0 Å². The summed E-state index contributed by atoms with van der Waals surface area (Å²) in [6, 6.07) is 11.0. The van der Waals surface area contributed by atoms with E-state index in [1.165, 1.54) is 44.1 Å². The highest BCUT2D eigenvalue weighted by atomic mass is 15.3. The van der Waals surface area contributed by atoms with Crippen LogP contribution >= 0.6 is 0 Å². The fourth-order valence-corrected chi connectivity index (χ4v) is 2.80. The van der Waals surface area contributed by atoms with Gasteiger partial charge in [0, 0.05) is 6.54 Å². The van der Waals surface area contributed by atoms with Crippen LogP contribution in [0.4, 0.5) is 0 Å². The van der Waals surface area contributed by atoms with Gasteiger partial charge in [-0.1, -0.05) is 69.4 Å². The van der Waals surface area contributed by atoms with Crippen molar-refractivity contribution in [3.8, 4) is 0 Å². The van der Waals surface area contributed by atoms with Crippen molar-refractivity contribution in [2.75, 3.05) is 6.54 Å². The first-order valence-corrected chi connectivity index (χ1v) is 7.91. The van der Waals surface area contributed by atoms with Crippen LogP contribution in [-0.4, -0.2) is 23.4 Å². The Hall–Kier alpha value is -1.51. The number of benzene rings is 1. The van der Waals surface area contributed by atoms with Crippen LogP contribution in [0.25, 0.3) is 0 Å². The van der Waals surface area contributed by atoms with Gasteiger partial charge < -0.3 is 10.6 Å². The Morgan fingerprint density at radius 2 is 1.90 bits per heavy atom. The van der Waals surface area contributed by atoms with E-state index in [-0.39, 0.29) is 0 Å². The average Bonchev–Trinajstić information content (AvgIpc) is 2.81. The van der Waals surface area contributed by atoms with Crippen molar-refractivity contribution in [3.05, 3.63) is 35.9 Å². The molecule has 0 bridgehead atoms. The third-order valence-corrected chi connectivity index (χ3v) is 4.04. The molecule has 1 atom stereocenters. The molecule has 2 rings (SSSR count). The molecule has 1 aliphatic heterocycles. The zero-order valence-corrected chi connectivity index (χ0v) is 12.6. The molecule has 0 fully saturated rings. The van der Waals surface area contributed by atoms with Gasteiger partial charge in [0.05, 0.1) is 12.6 Å². The van der Waals surface area contributed by atoms with Crippen molar-refractivity contribution in [1.82, 2.24) is 4.90 Å². The van der Waals surface area contributed by atoms with E-state index in [0.29, 0.717) is 12.0 Å². The summed E-state index contributed by atoms with van der Waals surface area (Å²) in [6.07, 6.45) is 7.86. The molecule has 1 heterocycles. The van der Waals surface area contributed by atoms with E-state index >= 15 is 0 Å². The molecule has 1 aromatic rings. The van der Waals surface area contributed by atoms with Crippen LogP contribution < -0.4 is 5.73 Å². The van der Waals surface area contributed by atoms with Crippen molar-refractivity contribution in [1.29, 1.82) is 0 Å². The van der Waals surface area contributed by atoms with Crippen LogP contribution in [0.2, 0.25) is 0 Å². The van der Waals surface area contributed by atoms with Crippen LogP contribution in [0, 0.1) is 0 Å². The molecule has 1 unspecified atom stereocenters. The van der Waals surface area contributed by atoms with E-state index < -0.39 is 0 Å². The lowest BCUT2D eigenvalue weighted by Crippen LogP contribution is -2.40. The van der Waals surface area contributed by atoms with Gasteiger partial charge >= 0.3 is 0 Å². The number of nitrogens with two attached hydrogens (primary N) is 1. The Kier molecular flexibility index (Phi) is 5.90. The van der Waals surface area contributed by atoms with Crippen molar-refractivity contribution < 1.29 is 0 Å². The fourth-order valence-electron chi connectivity index (χ4n) is 2.80. The number of guanidine groups is 1. The zero-order chi connectivity index (χ0) is 14.2. The predicted molar refractivity (Wildman–Crippen MR) is 85.6 cm³/mol. The lowest BCUT2D eigenvalue weighted by atomic mass is 10.1. The SMILES string of the molecule is CCCCCCCC1CN=C(N)N1Cc1ccccc1. The molecule has 0 amide bonds. The lowest BCUT2D eigenvalue weighted by molar-refractivity contribution is 0.309. The van der Waals surface area contributed by atoms with Crippen LogP contribution in [0.1, 0.15) is 51.0 Å². The average molecular weight is 273 g/mol. The molecule has 3 nitrogen and oxygen atoms in total. The Labute approximate surface area is 122 Å². The molecule has 0 saturated heterocycles. The molecule has 0 spiro atoms. The van der Waals surface area contributed by atoms with Crippen LogP contribution in [-0.2, 0) is 6.54 Å². The smallest absolute Gasteiger partial charge is 0.191 e. The van der Waals surface area contributed by atoms with Gasteiger partial charge in [0.1, 0.15) is 0 Å². The van der Waals surface area contributed by atoms with Gasteiger partial charge in [-0.2, -0.15) is 0 Å². The summed E-state index contributed by atoms with van der Waals surface area (Å²) < 4.78 is 0. The summed E-state index contributed by atoms with van der Waals surface area (Å²) in [7, 11) is 0. The molecule has 20 heavy (non-hydrogen) atoms. The van der Waals surface area contributed by atoms with Gasteiger partial charge in [0.25, 0.3) is 0 Å². The Balaban J connectivity index is 1.80. The Morgan fingerprint density at radius 3 is 2.65 bits per heavy atom. The van der Waals surface area contributed by atoms with E-state index in [2.05, 4.69) is 47.1 Å². The van der Waals surface area contributed by atoms with E-state index in [4.69, 9.17) is 5.73 Å². The molecule has 0 radical (unpaired) electrons. The summed E-state index contributed by atoms with van der Waals surface area (Å²) in [5, 5.41) is 0. The highest BCUT2D eigenvalue weighted by Gasteiger charge is 2.25. The first kappa shape index (κ1) is 14.9. The minimum absolute atomic E-state index is 0.497. The highest BCUT2D eigenvalue weighted by Crippen LogP contribution is 2.19. The maximum absolute atomic E-state index is 6.05. The minimum Gasteiger partial charge on any atom is -0.370 e. The number of hydrogen-bond donors (Lipinski definition) is 1. The normalized spacial score (nSPS) is 18.4. The topological polar surface area (TPSA) is 41.6 Å². The number of nitrogens with zero attached hydrogens (tertiary/aromatic N) is 2. The molecule has 110 valence electrons. The minimum atomic E-state index is 0.497. The van der Waals surface area contributed by atoms with Gasteiger partial charge in [0.15, 0.2) is 5.96 Å². The summed E-state index contributed by atoms with van der Waals surface area (Å²) in [6.45, 7) is 4.01. The van der Waals surface area contributed by atoms with Gasteiger partial charge in [0.2, 0.25) is 0 Å². The molecule has 3 heteroatoms.